The third-order valence-electron chi connectivity index (χ3n) is 5.08. The number of rotatable bonds is 6. The monoisotopic (exact) mass is 376 g/mol. The first kappa shape index (κ1) is 18.3. The molecule has 6 heteroatoms. The highest BCUT2D eigenvalue weighted by molar-refractivity contribution is 5.80. The predicted octanol–water partition coefficient (Wildman–Crippen LogP) is 3.33. The fraction of sp³-hybridized carbons (Fsp3) is 0.273. The first-order valence-corrected chi connectivity index (χ1v) is 9.49. The van der Waals surface area contributed by atoms with E-state index >= 15 is 0 Å². The van der Waals surface area contributed by atoms with Gasteiger partial charge in [0.15, 0.2) is 0 Å². The average molecular weight is 376 g/mol. The number of amides is 1. The van der Waals surface area contributed by atoms with E-state index in [1.807, 2.05) is 72.5 Å². The quantitative estimate of drug-likeness (QED) is 0.716. The summed E-state index contributed by atoms with van der Waals surface area (Å²) >= 11 is 0. The van der Waals surface area contributed by atoms with E-state index in [0.717, 1.165) is 47.7 Å². The van der Waals surface area contributed by atoms with E-state index in [1.165, 1.54) is 0 Å². The molecule has 144 valence electrons. The van der Waals surface area contributed by atoms with Crippen LogP contribution in [0, 0.1) is 0 Å². The van der Waals surface area contributed by atoms with Crippen molar-refractivity contribution in [2.45, 2.75) is 25.4 Å². The van der Waals surface area contributed by atoms with E-state index in [-0.39, 0.29) is 11.9 Å². The highest BCUT2D eigenvalue weighted by atomic mass is 16.5. The molecular weight excluding hydrogens is 352 g/mol. The van der Waals surface area contributed by atoms with Crippen molar-refractivity contribution in [1.82, 2.24) is 14.7 Å². The maximum Gasteiger partial charge on any atom is 0.234 e. The van der Waals surface area contributed by atoms with Gasteiger partial charge < -0.3 is 10.5 Å². The second-order valence-corrected chi connectivity index (χ2v) is 7.15. The lowest BCUT2D eigenvalue weighted by molar-refractivity contribution is -0.122. The van der Waals surface area contributed by atoms with Crippen molar-refractivity contribution in [1.29, 1.82) is 0 Å². The Morgan fingerprint density at radius 3 is 2.57 bits per heavy atom. The topological polar surface area (TPSA) is 73.4 Å². The molecule has 2 heterocycles. The van der Waals surface area contributed by atoms with Gasteiger partial charge in [-0.25, -0.2) is 0 Å². The zero-order valence-electron chi connectivity index (χ0n) is 15.9. The number of likely N-dealkylation sites (tertiary alicyclic amines) is 1. The summed E-state index contributed by atoms with van der Waals surface area (Å²) in [6.45, 7) is 1.55. The molecule has 2 N–H and O–H groups in total. The van der Waals surface area contributed by atoms with Crippen LogP contribution in [-0.4, -0.2) is 33.2 Å². The van der Waals surface area contributed by atoms with Crippen LogP contribution in [0.5, 0.6) is 11.5 Å². The fourth-order valence-electron chi connectivity index (χ4n) is 3.76. The molecule has 6 nitrogen and oxygen atoms in total. The number of primary amides is 1. The van der Waals surface area contributed by atoms with Crippen LogP contribution in [0.1, 0.15) is 18.4 Å². The lowest BCUT2D eigenvalue weighted by Gasteiger charge is -2.21. The second-order valence-electron chi connectivity index (χ2n) is 7.15. The minimum absolute atomic E-state index is 0.185. The molecule has 0 bridgehead atoms. The molecule has 4 rings (SSSR count). The molecule has 3 aromatic rings. The molecule has 0 unspecified atom stereocenters. The zero-order chi connectivity index (χ0) is 19.5. The molecule has 1 saturated heterocycles. The molecule has 28 heavy (non-hydrogen) atoms. The van der Waals surface area contributed by atoms with Gasteiger partial charge in [-0.05, 0) is 55.8 Å². The van der Waals surface area contributed by atoms with E-state index in [0.29, 0.717) is 6.54 Å². The minimum atomic E-state index is -0.245. The SMILES string of the molecule is Cn1cc(CN2CCC[C@H]2C(N)=O)c(-c2ccc(Oc3ccccc3)cc2)n1. The third-order valence-corrected chi connectivity index (χ3v) is 5.08. The molecular formula is C22H24N4O2. The largest absolute Gasteiger partial charge is 0.457 e. The number of aromatic nitrogens is 2. The van der Waals surface area contributed by atoms with Crippen LogP contribution < -0.4 is 10.5 Å². The Labute approximate surface area is 164 Å². The van der Waals surface area contributed by atoms with Gasteiger partial charge in [-0.2, -0.15) is 5.10 Å². The first-order valence-electron chi connectivity index (χ1n) is 9.49. The lowest BCUT2D eigenvalue weighted by atomic mass is 10.1. The molecule has 1 amide bonds. The minimum Gasteiger partial charge on any atom is -0.457 e. The predicted molar refractivity (Wildman–Crippen MR) is 108 cm³/mol. The van der Waals surface area contributed by atoms with Crippen molar-refractivity contribution in [3.8, 4) is 22.8 Å². The molecule has 1 atom stereocenters. The standard InChI is InChI=1S/C22H24N4O2/c1-25-14-17(15-26-13-5-8-20(26)22(23)27)21(24-25)16-9-11-19(12-10-16)28-18-6-3-2-4-7-18/h2-4,6-7,9-12,14,20H,5,8,13,15H2,1H3,(H2,23,27)/t20-/m0/s1. The number of carbonyl (C=O) groups excluding carboxylic acids is 1. The number of hydrogen-bond acceptors (Lipinski definition) is 4. The molecule has 0 radical (unpaired) electrons. The van der Waals surface area contributed by atoms with Gasteiger partial charge >= 0.3 is 0 Å². The van der Waals surface area contributed by atoms with Gasteiger partial charge in [0.05, 0.1) is 11.7 Å². The van der Waals surface area contributed by atoms with Gasteiger partial charge in [0.25, 0.3) is 0 Å². The molecule has 2 aromatic carbocycles. The highest BCUT2D eigenvalue weighted by Gasteiger charge is 2.29. The normalized spacial score (nSPS) is 17.0. The molecule has 1 aromatic heterocycles. The van der Waals surface area contributed by atoms with Crippen LogP contribution in [0.4, 0.5) is 0 Å². The Hall–Kier alpha value is -3.12. The molecule has 0 spiro atoms. The number of benzene rings is 2. The van der Waals surface area contributed by atoms with E-state index < -0.39 is 0 Å². The van der Waals surface area contributed by atoms with Crippen LogP contribution in [-0.2, 0) is 18.4 Å². The van der Waals surface area contributed by atoms with Crippen LogP contribution >= 0.6 is 0 Å². The average Bonchev–Trinajstić information content (AvgIpc) is 3.30. The Morgan fingerprint density at radius 2 is 1.86 bits per heavy atom. The van der Waals surface area contributed by atoms with Gasteiger partial charge in [-0.1, -0.05) is 18.2 Å². The van der Waals surface area contributed by atoms with Crippen LogP contribution in [0.2, 0.25) is 0 Å². The van der Waals surface area contributed by atoms with Crippen molar-refractivity contribution in [3.63, 3.8) is 0 Å². The summed E-state index contributed by atoms with van der Waals surface area (Å²) in [5.74, 6) is 1.34. The first-order chi connectivity index (χ1) is 13.6. The second kappa shape index (κ2) is 7.86. The molecule has 1 aliphatic rings. The molecule has 0 saturated carbocycles. The lowest BCUT2D eigenvalue weighted by Crippen LogP contribution is -2.39. The number of hydrogen-bond donors (Lipinski definition) is 1. The van der Waals surface area contributed by atoms with Crippen molar-refractivity contribution in [2.75, 3.05) is 6.54 Å². The fourth-order valence-corrected chi connectivity index (χ4v) is 3.76. The van der Waals surface area contributed by atoms with Crippen LogP contribution in [0.3, 0.4) is 0 Å². The summed E-state index contributed by atoms with van der Waals surface area (Å²) in [6.07, 6.45) is 3.84. The Morgan fingerprint density at radius 1 is 1.14 bits per heavy atom. The van der Waals surface area contributed by atoms with Gasteiger partial charge in [-0.3, -0.25) is 14.4 Å². The van der Waals surface area contributed by atoms with E-state index in [2.05, 4.69) is 10.00 Å². The maximum absolute atomic E-state index is 11.7. The summed E-state index contributed by atoms with van der Waals surface area (Å²) in [5.41, 5.74) is 8.59. The Kier molecular flexibility index (Phi) is 5.12. The number of para-hydroxylation sites is 1. The van der Waals surface area contributed by atoms with Gasteiger partial charge in [0, 0.05) is 30.9 Å². The Bertz CT molecular complexity index is 950. The molecule has 0 aliphatic carbocycles. The maximum atomic E-state index is 11.7. The number of carbonyl (C=O) groups is 1. The summed E-state index contributed by atoms with van der Waals surface area (Å²) < 4.78 is 7.68. The van der Waals surface area contributed by atoms with Crippen molar-refractivity contribution in [2.24, 2.45) is 12.8 Å². The zero-order valence-corrected chi connectivity index (χ0v) is 15.9. The molecule has 1 fully saturated rings. The van der Waals surface area contributed by atoms with Crippen LogP contribution in [0.15, 0.2) is 60.8 Å². The van der Waals surface area contributed by atoms with Gasteiger partial charge in [-0.15, -0.1) is 0 Å². The van der Waals surface area contributed by atoms with Crippen molar-refractivity contribution in [3.05, 3.63) is 66.4 Å². The van der Waals surface area contributed by atoms with Crippen molar-refractivity contribution >= 4 is 5.91 Å². The highest BCUT2D eigenvalue weighted by Crippen LogP contribution is 2.29. The van der Waals surface area contributed by atoms with Gasteiger partial charge in [0.2, 0.25) is 5.91 Å². The summed E-state index contributed by atoms with van der Waals surface area (Å²) in [4.78, 5) is 13.8. The summed E-state index contributed by atoms with van der Waals surface area (Å²) in [6, 6.07) is 17.4. The van der Waals surface area contributed by atoms with Crippen LogP contribution in [0.25, 0.3) is 11.3 Å². The van der Waals surface area contributed by atoms with E-state index in [4.69, 9.17) is 10.5 Å². The number of nitrogens with zero attached hydrogens (tertiary/aromatic N) is 3. The summed E-state index contributed by atoms with van der Waals surface area (Å²) in [5, 5.41) is 4.64. The third kappa shape index (κ3) is 3.92. The van der Waals surface area contributed by atoms with E-state index in [9.17, 15) is 4.79 Å². The summed E-state index contributed by atoms with van der Waals surface area (Å²) in [7, 11) is 1.91. The van der Waals surface area contributed by atoms with Crippen molar-refractivity contribution < 1.29 is 9.53 Å². The smallest absolute Gasteiger partial charge is 0.234 e. The number of aryl methyl sites for hydroxylation is 1. The number of nitrogens with two attached hydrogens (primary N) is 1. The number of ether oxygens (including phenoxy) is 1. The Balaban J connectivity index is 1.54. The van der Waals surface area contributed by atoms with Gasteiger partial charge in [0.1, 0.15) is 11.5 Å². The molecule has 1 aliphatic heterocycles. The van der Waals surface area contributed by atoms with E-state index in [1.54, 1.807) is 0 Å².